The number of hydrogen-bond acceptors (Lipinski definition) is 6. The van der Waals surface area contributed by atoms with Crippen LogP contribution < -0.4 is 20.9 Å². The molecule has 34 heavy (non-hydrogen) atoms. The summed E-state index contributed by atoms with van der Waals surface area (Å²) >= 11 is 6.20. The number of pyridine rings is 1. The molecule has 0 spiro atoms. The van der Waals surface area contributed by atoms with Crippen molar-refractivity contribution in [2.24, 2.45) is 10.7 Å². The van der Waals surface area contributed by atoms with Crippen molar-refractivity contribution in [3.63, 3.8) is 0 Å². The van der Waals surface area contributed by atoms with Gasteiger partial charge < -0.3 is 20.9 Å². The third-order valence-corrected chi connectivity index (χ3v) is 5.99. The fourth-order valence-corrected chi connectivity index (χ4v) is 4.03. The van der Waals surface area contributed by atoms with E-state index in [4.69, 9.17) is 37.5 Å². The number of allylic oxidation sites excluding steroid dienone is 1. The second kappa shape index (κ2) is 13.8. The highest BCUT2D eigenvalue weighted by molar-refractivity contribution is 6.31. The lowest BCUT2D eigenvalue weighted by molar-refractivity contribution is 0.221. The molecule has 0 amide bonds. The summed E-state index contributed by atoms with van der Waals surface area (Å²) in [5.41, 5.74) is 13.8. The Hall–Kier alpha value is -2.80. The highest BCUT2D eigenvalue weighted by atomic mass is 35.5. The maximum absolute atomic E-state index is 14.1. The predicted molar refractivity (Wildman–Crippen MR) is 139 cm³/mol. The molecule has 6 nitrogen and oxygen atoms in total. The van der Waals surface area contributed by atoms with Crippen molar-refractivity contribution >= 4 is 29.2 Å². The van der Waals surface area contributed by atoms with E-state index >= 15 is 0 Å². The molecule has 0 aliphatic rings. The van der Waals surface area contributed by atoms with E-state index in [1.54, 1.807) is 25.4 Å². The summed E-state index contributed by atoms with van der Waals surface area (Å²) in [4.78, 5) is 9.05. The van der Waals surface area contributed by atoms with Gasteiger partial charge in [0.1, 0.15) is 17.7 Å². The molecule has 0 aliphatic carbocycles. The molecule has 2 unspecified atom stereocenters. The number of halogens is 2. The summed E-state index contributed by atoms with van der Waals surface area (Å²) in [5, 5.41) is -0.0609. The third kappa shape index (κ3) is 7.35. The Morgan fingerprint density at radius 3 is 2.62 bits per heavy atom. The van der Waals surface area contributed by atoms with E-state index in [-0.39, 0.29) is 16.9 Å². The molecule has 2 aromatic rings. The molecule has 0 aliphatic heterocycles. The van der Waals surface area contributed by atoms with Gasteiger partial charge in [0.25, 0.3) is 0 Å². The second-order valence-electron chi connectivity index (χ2n) is 8.18. The van der Waals surface area contributed by atoms with Gasteiger partial charge in [0.05, 0.1) is 17.7 Å². The summed E-state index contributed by atoms with van der Waals surface area (Å²) in [6, 6.07) is 4.76. The summed E-state index contributed by atoms with van der Waals surface area (Å²) in [6.45, 7) is 6.10. The monoisotopic (exact) mass is 490 g/mol. The number of nitrogens with two attached hydrogens (primary N) is 2. The molecule has 2 atom stereocenters. The largest absolute Gasteiger partial charge is 0.496 e. The van der Waals surface area contributed by atoms with E-state index in [9.17, 15) is 4.39 Å². The number of ether oxygens (including phenoxy) is 2. The molecule has 4 N–H and O–H groups in total. The Morgan fingerprint density at radius 1 is 1.21 bits per heavy atom. The number of nitrogen functional groups attached to an aromatic ring is 1. The van der Waals surface area contributed by atoms with Gasteiger partial charge in [-0.1, -0.05) is 51.1 Å². The van der Waals surface area contributed by atoms with E-state index in [1.807, 2.05) is 0 Å². The molecule has 0 saturated heterocycles. The molecular weight excluding hydrogens is 455 g/mol. The van der Waals surface area contributed by atoms with Gasteiger partial charge in [-0.3, -0.25) is 4.99 Å². The van der Waals surface area contributed by atoms with Crippen LogP contribution in [0.4, 0.5) is 10.2 Å². The van der Waals surface area contributed by atoms with Crippen LogP contribution in [-0.2, 0) is 0 Å². The zero-order valence-electron chi connectivity index (χ0n) is 20.5. The van der Waals surface area contributed by atoms with Crippen molar-refractivity contribution in [3.05, 3.63) is 52.6 Å². The molecular formula is C26H36ClFN4O2. The van der Waals surface area contributed by atoms with Crippen LogP contribution in [0, 0.1) is 5.82 Å². The Labute approximate surface area is 207 Å². The Balaban J connectivity index is 2.27. The van der Waals surface area contributed by atoms with Gasteiger partial charge in [-0.2, -0.15) is 0 Å². The summed E-state index contributed by atoms with van der Waals surface area (Å²) in [6.07, 6.45) is 11.0. The molecule has 2 rings (SSSR count). The van der Waals surface area contributed by atoms with Gasteiger partial charge >= 0.3 is 0 Å². The number of unbranched alkanes of at least 4 members (excludes halogenated alkanes) is 2. The third-order valence-electron chi connectivity index (χ3n) is 5.60. The van der Waals surface area contributed by atoms with Crippen molar-refractivity contribution in [1.29, 1.82) is 0 Å². The Morgan fingerprint density at radius 2 is 1.97 bits per heavy atom. The summed E-state index contributed by atoms with van der Waals surface area (Å²) in [7, 11) is 1.49. The van der Waals surface area contributed by atoms with Crippen molar-refractivity contribution in [1.82, 2.24) is 4.98 Å². The van der Waals surface area contributed by atoms with Gasteiger partial charge in [0.15, 0.2) is 11.6 Å². The first-order chi connectivity index (χ1) is 16.4. The number of rotatable bonds is 13. The topological polar surface area (TPSA) is 95.8 Å². The van der Waals surface area contributed by atoms with Crippen LogP contribution in [0.1, 0.15) is 76.5 Å². The maximum Gasteiger partial charge on any atom is 0.166 e. The van der Waals surface area contributed by atoms with Gasteiger partial charge in [0, 0.05) is 35.8 Å². The average Bonchev–Trinajstić information content (AvgIpc) is 2.82. The van der Waals surface area contributed by atoms with Gasteiger partial charge in [-0.25, -0.2) is 9.37 Å². The van der Waals surface area contributed by atoms with E-state index in [2.05, 4.69) is 18.8 Å². The molecule has 0 radical (unpaired) electrons. The molecule has 1 aromatic carbocycles. The maximum atomic E-state index is 14.1. The van der Waals surface area contributed by atoms with Crippen LogP contribution in [0.15, 0.2) is 35.6 Å². The minimum atomic E-state index is -0.649. The van der Waals surface area contributed by atoms with Crippen molar-refractivity contribution in [2.75, 3.05) is 12.8 Å². The molecule has 1 heterocycles. The molecule has 186 valence electrons. The predicted octanol–water partition coefficient (Wildman–Crippen LogP) is 6.72. The van der Waals surface area contributed by atoms with E-state index in [0.29, 0.717) is 28.2 Å². The first-order valence-corrected chi connectivity index (χ1v) is 12.1. The van der Waals surface area contributed by atoms with Crippen LogP contribution in [0.3, 0.4) is 0 Å². The summed E-state index contributed by atoms with van der Waals surface area (Å²) < 4.78 is 25.5. The average molecular weight is 491 g/mol. The van der Waals surface area contributed by atoms with E-state index in [1.165, 1.54) is 38.3 Å². The lowest BCUT2D eigenvalue weighted by Crippen LogP contribution is -2.09. The fraction of sp³-hybridized carbons (Fsp3) is 0.462. The molecule has 1 aromatic heterocycles. The van der Waals surface area contributed by atoms with E-state index in [0.717, 1.165) is 25.7 Å². The smallest absolute Gasteiger partial charge is 0.166 e. The van der Waals surface area contributed by atoms with Gasteiger partial charge in [-0.05, 0) is 38.0 Å². The Kier molecular flexibility index (Phi) is 11.1. The zero-order chi connectivity index (χ0) is 25.1. The van der Waals surface area contributed by atoms with Gasteiger partial charge in [-0.15, -0.1) is 0 Å². The van der Waals surface area contributed by atoms with Crippen LogP contribution in [0.2, 0.25) is 5.02 Å². The number of anilines is 1. The minimum Gasteiger partial charge on any atom is -0.496 e. The lowest BCUT2D eigenvalue weighted by atomic mass is 10.0. The standard InChI is InChI=1S/C26H36ClFN4O2/c1-5-7-8-10-20(9-6-2)31-16-19(14-29)18-13-23(26(30)32-15-18)34-17(3)24-22(33-4)12-11-21(28)25(24)27/h11-17,20H,5-10,29H2,1-4H3,(H2,30,32). The van der Waals surface area contributed by atoms with E-state index < -0.39 is 11.9 Å². The fourth-order valence-electron chi connectivity index (χ4n) is 3.72. The lowest BCUT2D eigenvalue weighted by Gasteiger charge is -2.20. The van der Waals surface area contributed by atoms with Crippen LogP contribution in [0.25, 0.3) is 5.57 Å². The highest BCUT2D eigenvalue weighted by Crippen LogP contribution is 2.37. The molecule has 8 heteroatoms. The number of methoxy groups -OCH3 is 1. The van der Waals surface area contributed by atoms with Gasteiger partial charge in [0.2, 0.25) is 0 Å². The number of benzene rings is 1. The number of hydrogen-bond donors (Lipinski definition) is 2. The SMILES string of the molecule is CCCCCC(CCC)N=CC(=CN)c1cnc(N)c(OC(C)c2c(OC)ccc(F)c2Cl)c1. The van der Waals surface area contributed by atoms with Crippen LogP contribution in [0.5, 0.6) is 11.5 Å². The first-order valence-electron chi connectivity index (χ1n) is 11.8. The van der Waals surface area contributed by atoms with Crippen molar-refractivity contribution in [3.8, 4) is 11.5 Å². The normalized spacial score (nSPS) is 13.8. The van der Waals surface area contributed by atoms with Crippen molar-refractivity contribution < 1.29 is 13.9 Å². The number of aromatic nitrogens is 1. The van der Waals surface area contributed by atoms with Crippen LogP contribution >= 0.6 is 11.6 Å². The highest BCUT2D eigenvalue weighted by Gasteiger charge is 2.21. The quantitative estimate of drug-likeness (QED) is 0.240. The summed E-state index contributed by atoms with van der Waals surface area (Å²) in [5.74, 6) is 0.381. The number of nitrogens with zero attached hydrogens (tertiary/aromatic N) is 2. The second-order valence-corrected chi connectivity index (χ2v) is 8.56. The number of aliphatic imine (C=N–C) groups is 1. The molecule has 0 saturated carbocycles. The first kappa shape index (κ1) is 27.4. The zero-order valence-corrected chi connectivity index (χ0v) is 21.2. The Bertz CT molecular complexity index is 997. The minimum absolute atomic E-state index is 0.0609. The molecule has 0 bridgehead atoms. The van der Waals surface area contributed by atoms with Crippen molar-refractivity contribution in [2.45, 2.75) is 71.4 Å². The van der Waals surface area contributed by atoms with Crippen LogP contribution in [-0.4, -0.2) is 24.4 Å². The molecule has 0 fully saturated rings.